The highest BCUT2D eigenvalue weighted by Crippen LogP contribution is 2.13. The summed E-state index contributed by atoms with van der Waals surface area (Å²) in [6, 6.07) is 4.67. The lowest BCUT2D eigenvalue weighted by Crippen LogP contribution is -2.13. The number of carbonyl (C=O) groups is 1. The van der Waals surface area contributed by atoms with Crippen LogP contribution >= 0.6 is 0 Å². The lowest BCUT2D eigenvalue weighted by atomic mass is 10.1. The zero-order chi connectivity index (χ0) is 9.14. The molecule has 1 aromatic carbocycles. The van der Waals surface area contributed by atoms with Crippen molar-refractivity contribution >= 4 is 11.6 Å². The van der Waals surface area contributed by atoms with E-state index in [9.17, 15) is 4.79 Å². The van der Waals surface area contributed by atoms with Crippen molar-refractivity contribution < 1.29 is 9.90 Å². The quantitative estimate of drug-likeness (QED) is 0.534. The van der Waals surface area contributed by atoms with Crippen LogP contribution in [0, 0.1) is 0 Å². The molecule has 4 heteroatoms. The van der Waals surface area contributed by atoms with Crippen molar-refractivity contribution in [2.24, 2.45) is 5.73 Å². The maximum absolute atomic E-state index is 10.8. The van der Waals surface area contributed by atoms with Crippen LogP contribution in [0.2, 0.25) is 0 Å². The largest absolute Gasteiger partial charge is 0.398 e. The summed E-state index contributed by atoms with van der Waals surface area (Å²) in [5, 5.41) is 8.74. The Labute approximate surface area is 69.8 Å². The molecule has 5 N–H and O–H groups in total. The molecule has 0 bridgehead atoms. The van der Waals surface area contributed by atoms with Gasteiger partial charge in [-0.1, -0.05) is 6.07 Å². The minimum atomic E-state index is -0.581. The van der Waals surface area contributed by atoms with E-state index in [0.29, 0.717) is 11.3 Å². The first-order valence-electron chi connectivity index (χ1n) is 3.44. The minimum Gasteiger partial charge on any atom is -0.398 e. The third kappa shape index (κ3) is 1.54. The molecular formula is C8H10N2O2. The number of anilines is 1. The SMILES string of the molecule is NC(=O)c1cc(CO)ccc1N. The topological polar surface area (TPSA) is 89.3 Å². The van der Waals surface area contributed by atoms with Crippen LogP contribution in [0.1, 0.15) is 15.9 Å². The second-order valence-corrected chi connectivity index (χ2v) is 2.44. The lowest BCUT2D eigenvalue weighted by Gasteiger charge is -2.02. The molecule has 0 heterocycles. The Morgan fingerprint density at radius 3 is 2.67 bits per heavy atom. The van der Waals surface area contributed by atoms with Gasteiger partial charge in [0.2, 0.25) is 0 Å². The monoisotopic (exact) mass is 166 g/mol. The predicted octanol–water partition coefficient (Wildman–Crippen LogP) is -0.140. The van der Waals surface area contributed by atoms with Gasteiger partial charge in [0.05, 0.1) is 12.2 Å². The first kappa shape index (κ1) is 8.55. The summed E-state index contributed by atoms with van der Waals surface area (Å²) in [7, 11) is 0. The molecule has 1 rings (SSSR count). The summed E-state index contributed by atoms with van der Waals surface area (Å²) in [5.41, 5.74) is 11.7. The van der Waals surface area contributed by atoms with Gasteiger partial charge in [-0.2, -0.15) is 0 Å². The number of aliphatic hydroxyl groups excluding tert-OH is 1. The van der Waals surface area contributed by atoms with Crippen LogP contribution in [0.5, 0.6) is 0 Å². The number of carbonyl (C=O) groups excluding carboxylic acids is 1. The van der Waals surface area contributed by atoms with E-state index in [4.69, 9.17) is 16.6 Å². The predicted molar refractivity (Wildman–Crippen MR) is 45.3 cm³/mol. The second kappa shape index (κ2) is 3.23. The molecule has 0 aliphatic rings. The number of hydrogen-bond donors (Lipinski definition) is 3. The molecule has 0 unspecified atom stereocenters. The van der Waals surface area contributed by atoms with Crippen molar-refractivity contribution in [1.29, 1.82) is 0 Å². The van der Waals surface area contributed by atoms with E-state index in [1.807, 2.05) is 0 Å². The number of nitrogen functional groups attached to an aromatic ring is 1. The Morgan fingerprint density at radius 1 is 1.50 bits per heavy atom. The number of rotatable bonds is 2. The summed E-state index contributed by atoms with van der Waals surface area (Å²) in [6.07, 6.45) is 0. The first-order valence-corrected chi connectivity index (χ1v) is 3.44. The van der Waals surface area contributed by atoms with Gasteiger partial charge < -0.3 is 16.6 Å². The Hall–Kier alpha value is -1.55. The van der Waals surface area contributed by atoms with Crippen molar-refractivity contribution in [2.75, 3.05) is 5.73 Å². The van der Waals surface area contributed by atoms with Crippen molar-refractivity contribution in [3.05, 3.63) is 29.3 Å². The molecule has 64 valence electrons. The summed E-state index contributed by atoms with van der Waals surface area (Å²) >= 11 is 0. The van der Waals surface area contributed by atoms with Gasteiger partial charge in [-0.25, -0.2) is 0 Å². The van der Waals surface area contributed by atoms with Crippen LogP contribution in [0.3, 0.4) is 0 Å². The fourth-order valence-corrected chi connectivity index (χ4v) is 0.915. The fraction of sp³-hybridized carbons (Fsp3) is 0.125. The van der Waals surface area contributed by atoms with Crippen molar-refractivity contribution in [2.45, 2.75) is 6.61 Å². The summed E-state index contributed by atoms with van der Waals surface area (Å²) in [6.45, 7) is -0.124. The minimum absolute atomic E-state index is 0.124. The van der Waals surface area contributed by atoms with E-state index < -0.39 is 5.91 Å². The van der Waals surface area contributed by atoms with E-state index in [-0.39, 0.29) is 12.2 Å². The zero-order valence-electron chi connectivity index (χ0n) is 6.45. The van der Waals surface area contributed by atoms with Crippen LogP contribution in [0.4, 0.5) is 5.69 Å². The number of primary amides is 1. The van der Waals surface area contributed by atoms with E-state index in [1.165, 1.54) is 6.07 Å². The van der Waals surface area contributed by atoms with Crippen LogP contribution in [0.15, 0.2) is 18.2 Å². The summed E-state index contributed by atoms with van der Waals surface area (Å²) in [5.74, 6) is -0.581. The van der Waals surface area contributed by atoms with Crippen LogP contribution in [0.25, 0.3) is 0 Å². The average Bonchev–Trinajstić information content (AvgIpc) is 2.05. The van der Waals surface area contributed by atoms with Gasteiger partial charge in [-0.3, -0.25) is 4.79 Å². The maximum Gasteiger partial charge on any atom is 0.250 e. The van der Waals surface area contributed by atoms with Gasteiger partial charge in [-0.15, -0.1) is 0 Å². The fourth-order valence-electron chi connectivity index (χ4n) is 0.915. The van der Waals surface area contributed by atoms with Crippen molar-refractivity contribution in [1.82, 2.24) is 0 Å². The number of hydrogen-bond acceptors (Lipinski definition) is 3. The molecule has 0 saturated carbocycles. The second-order valence-electron chi connectivity index (χ2n) is 2.44. The van der Waals surface area contributed by atoms with Gasteiger partial charge in [0.1, 0.15) is 0 Å². The average molecular weight is 166 g/mol. The van der Waals surface area contributed by atoms with Gasteiger partial charge in [0.25, 0.3) is 5.91 Å². The van der Waals surface area contributed by atoms with E-state index in [2.05, 4.69) is 0 Å². The highest BCUT2D eigenvalue weighted by atomic mass is 16.3. The molecule has 1 amide bonds. The standard InChI is InChI=1S/C8H10N2O2/c9-7-2-1-5(4-11)3-6(7)8(10)12/h1-3,11H,4,9H2,(H2,10,12). The molecule has 12 heavy (non-hydrogen) atoms. The lowest BCUT2D eigenvalue weighted by molar-refractivity contribution is 0.100. The van der Waals surface area contributed by atoms with Crippen LogP contribution in [-0.4, -0.2) is 11.0 Å². The molecule has 0 aromatic heterocycles. The third-order valence-electron chi connectivity index (χ3n) is 1.57. The van der Waals surface area contributed by atoms with Crippen molar-refractivity contribution in [3.63, 3.8) is 0 Å². The molecular weight excluding hydrogens is 156 g/mol. The normalized spacial score (nSPS) is 9.75. The van der Waals surface area contributed by atoms with E-state index >= 15 is 0 Å². The molecule has 0 spiro atoms. The molecule has 0 aliphatic heterocycles. The molecule has 0 saturated heterocycles. The number of aliphatic hydroxyl groups is 1. The van der Waals surface area contributed by atoms with E-state index in [0.717, 1.165) is 0 Å². The van der Waals surface area contributed by atoms with Gasteiger partial charge in [0.15, 0.2) is 0 Å². The number of nitrogens with two attached hydrogens (primary N) is 2. The Kier molecular flexibility index (Phi) is 2.30. The molecule has 4 nitrogen and oxygen atoms in total. The van der Waals surface area contributed by atoms with Crippen LogP contribution < -0.4 is 11.5 Å². The maximum atomic E-state index is 10.8. The highest BCUT2D eigenvalue weighted by Gasteiger charge is 2.05. The summed E-state index contributed by atoms with van der Waals surface area (Å²) in [4.78, 5) is 10.8. The molecule has 0 atom stereocenters. The molecule has 1 aromatic rings. The zero-order valence-corrected chi connectivity index (χ0v) is 6.45. The van der Waals surface area contributed by atoms with Gasteiger partial charge >= 0.3 is 0 Å². The van der Waals surface area contributed by atoms with Crippen molar-refractivity contribution in [3.8, 4) is 0 Å². The highest BCUT2D eigenvalue weighted by molar-refractivity contribution is 5.98. The number of amides is 1. The summed E-state index contributed by atoms with van der Waals surface area (Å²) < 4.78 is 0. The Balaban J connectivity index is 3.17. The van der Waals surface area contributed by atoms with Gasteiger partial charge in [-0.05, 0) is 17.7 Å². The van der Waals surface area contributed by atoms with Crippen LogP contribution in [-0.2, 0) is 6.61 Å². The molecule has 0 radical (unpaired) electrons. The first-order chi connectivity index (χ1) is 5.65. The van der Waals surface area contributed by atoms with E-state index in [1.54, 1.807) is 12.1 Å². The third-order valence-corrected chi connectivity index (χ3v) is 1.57. The van der Waals surface area contributed by atoms with Gasteiger partial charge in [0, 0.05) is 5.69 Å². The smallest absolute Gasteiger partial charge is 0.250 e. The Morgan fingerprint density at radius 2 is 2.17 bits per heavy atom. The number of benzene rings is 1. The molecule has 0 fully saturated rings. The molecule has 0 aliphatic carbocycles. The Bertz CT molecular complexity index is 310.